The van der Waals surface area contributed by atoms with E-state index in [2.05, 4.69) is 94.7 Å². The lowest BCUT2D eigenvalue weighted by Gasteiger charge is -1.65. The lowest BCUT2D eigenvalue weighted by atomic mass is 10.4. The predicted octanol–water partition coefficient (Wildman–Crippen LogP) is 2.25. The van der Waals surface area contributed by atoms with E-state index in [0.29, 0.717) is 0 Å². The van der Waals surface area contributed by atoms with E-state index < -0.39 is 0 Å². The molecule has 0 amide bonds. The summed E-state index contributed by atoms with van der Waals surface area (Å²) >= 11 is 0. The molecule has 0 heteroatoms. The molecule has 1 aliphatic rings. The van der Waals surface area contributed by atoms with Crippen LogP contribution >= 0.6 is 0 Å². The van der Waals surface area contributed by atoms with Gasteiger partial charge in [-0.15, -0.1) is 0 Å². The van der Waals surface area contributed by atoms with Gasteiger partial charge in [0, 0.05) is 0 Å². The highest BCUT2D eigenvalue weighted by Gasteiger charge is 1.62. The standard InChI is InChI=1S/C24H8/c1-2-4-6-8-10-12-14-16-18-20-22-24-23-21-19-17-15-13-11-9-7-5-3-1/h1-2,11-14,23-24H/b2-1-,13-11+,14-12+,24-23+. The normalized spacial score (nSPS) is 16.0. The lowest BCUT2D eigenvalue weighted by Crippen LogP contribution is -1.57. The van der Waals surface area contributed by atoms with Crippen LogP contribution in [-0.4, -0.2) is 0 Å². The molecule has 0 atom stereocenters. The molecule has 0 unspecified atom stereocenters. The quantitative estimate of drug-likeness (QED) is 0.602. The third-order valence-electron chi connectivity index (χ3n) is 1.83. The van der Waals surface area contributed by atoms with Crippen LogP contribution < -0.4 is 0 Å². The third-order valence-corrected chi connectivity index (χ3v) is 1.83. The van der Waals surface area contributed by atoms with Crippen LogP contribution in [0, 0.1) is 94.7 Å². The van der Waals surface area contributed by atoms with Crippen molar-refractivity contribution in [2.24, 2.45) is 0 Å². The molecule has 104 valence electrons. The summed E-state index contributed by atoms with van der Waals surface area (Å²) in [6, 6.07) is 0. The van der Waals surface area contributed by atoms with E-state index >= 15 is 0 Å². The van der Waals surface area contributed by atoms with Gasteiger partial charge in [0.25, 0.3) is 0 Å². The molecule has 1 aliphatic carbocycles. The molecular formula is C24H8. The fraction of sp³-hybridized carbons (Fsp3) is 0. The van der Waals surface area contributed by atoms with Gasteiger partial charge in [-0.25, -0.2) is 0 Å². The second-order valence-electron chi connectivity index (χ2n) is 3.49. The summed E-state index contributed by atoms with van der Waals surface area (Å²) < 4.78 is 0. The van der Waals surface area contributed by atoms with Crippen molar-refractivity contribution in [2.45, 2.75) is 0 Å². The zero-order chi connectivity index (χ0) is 17.0. The van der Waals surface area contributed by atoms with Gasteiger partial charge in [0.15, 0.2) is 0 Å². The van der Waals surface area contributed by atoms with Crippen molar-refractivity contribution in [3.05, 3.63) is 48.6 Å². The van der Waals surface area contributed by atoms with Crippen LogP contribution in [-0.2, 0) is 0 Å². The first-order chi connectivity index (χ1) is 12.0. The molecule has 0 aromatic carbocycles. The van der Waals surface area contributed by atoms with Gasteiger partial charge >= 0.3 is 0 Å². The summed E-state index contributed by atoms with van der Waals surface area (Å²) in [7, 11) is 0. The van der Waals surface area contributed by atoms with Crippen molar-refractivity contribution >= 4 is 0 Å². The molecule has 0 aliphatic heterocycles. The smallest absolute Gasteiger partial charge is 0.00246 e. The minimum Gasteiger partial charge on any atom is -0.0601 e. The Morgan fingerprint density at radius 1 is 0.208 bits per heavy atom. The first-order valence-electron chi connectivity index (χ1n) is 6.64. The van der Waals surface area contributed by atoms with E-state index in [1.165, 1.54) is 0 Å². The van der Waals surface area contributed by atoms with Gasteiger partial charge in [-0.2, -0.15) is 0 Å². The van der Waals surface area contributed by atoms with E-state index in [1.54, 1.807) is 48.6 Å². The predicted molar refractivity (Wildman–Crippen MR) is 98.8 cm³/mol. The lowest BCUT2D eigenvalue weighted by molar-refractivity contribution is 2.09. The summed E-state index contributed by atoms with van der Waals surface area (Å²) in [6.45, 7) is 0. The van der Waals surface area contributed by atoms with Crippen LogP contribution in [0.1, 0.15) is 0 Å². The Morgan fingerprint density at radius 3 is 0.458 bits per heavy atom. The number of hydrogen-bond acceptors (Lipinski definition) is 0. The van der Waals surface area contributed by atoms with Crippen LogP contribution in [0.3, 0.4) is 0 Å². The summed E-state index contributed by atoms with van der Waals surface area (Å²) in [6.07, 6.45) is 12.8. The van der Waals surface area contributed by atoms with Crippen LogP contribution in [0.2, 0.25) is 0 Å². The molecule has 0 bridgehead atoms. The highest BCUT2D eigenvalue weighted by molar-refractivity contribution is 5.42. The van der Waals surface area contributed by atoms with Crippen molar-refractivity contribution in [1.82, 2.24) is 0 Å². The molecule has 0 nitrogen and oxygen atoms in total. The largest absolute Gasteiger partial charge is 0.0601 e. The average Bonchev–Trinajstić information content (AvgIpc) is 2.59. The van der Waals surface area contributed by atoms with Crippen molar-refractivity contribution in [1.29, 1.82) is 0 Å². The Kier molecular flexibility index (Phi) is 10.8. The molecule has 0 N–H and O–H groups in total. The molecule has 0 spiro atoms. The van der Waals surface area contributed by atoms with Crippen LogP contribution in [0.25, 0.3) is 0 Å². The van der Waals surface area contributed by atoms with E-state index in [-0.39, 0.29) is 0 Å². The summed E-state index contributed by atoms with van der Waals surface area (Å²) in [4.78, 5) is 0. The molecule has 1 rings (SSSR count). The second kappa shape index (κ2) is 14.8. The summed E-state index contributed by atoms with van der Waals surface area (Å²) in [5, 5.41) is 0. The summed E-state index contributed by atoms with van der Waals surface area (Å²) in [5.41, 5.74) is 0. The van der Waals surface area contributed by atoms with Gasteiger partial charge in [-0.3, -0.25) is 0 Å². The number of allylic oxidation sites excluding steroid dienone is 8. The molecule has 0 fully saturated rings. The molecule has 24 heavy (non-hydrogen) atoms. The van der Waals surface area contributed by atoms with E-state index in [0.717, 1.165) is 0 Å². The van der Waals surface area contributed by atoms with Crippen molar-refractivity contribution in [2.75, 3.05) is 0 Å². The van der Waals surface area contributed by atoms with Gasteiger partial charge in [0.2, 0.25) is 0 Å². The molecule has 0 aromatic rings. The number of rotatable bonds is 0. The fourth-order valence-corrected chi connectivity index (χ4v) is 0.955. The minimum absolute atomic E-state index is 1.61. The maximum atomic E-state index is 2.74. The molecule has 0 aromatic heterocycles. The van der Waals surface area contributed by atoms with Gasteiger partial charge in [-0.1, -0.05) is 47.4 Å². The Labute approximate surface area is 143 Å². The van der Waals surface area contributed by atoms with Crippen LogP contribution in [0.15, 0.2) is 48.6 Å². The highest BCUT2D eigenvalue weighted by atomic mass is 13.7. The zero-order valence-electron chi connectivity index (χ0n) is 12.6. The highest BCUT2D eigenvalue weighted by Crippen LogP contribution is 1.71. The minimum atomic E-state index is 1.61. The molecule has 0 radical (unpaired) electrons. The van der Waals surface area contributed by atoms with Gasteiger partial charge in [0.05, 0.1) is 0 Å². The fourth-order valence-electron chi connectivity index (χ4n) is 0.955. The topological polar surface area (TPSA) is 0 Å². The average molecular weight is 296 g/mol. The molecule has 0 saturated carbocycles. The van der Waals surface area contributed by atoms with Crippen molar-refractivity contribution in [3.8, 4) is 94.7 Å². The first kappa shape index (κ1) is 17.5. The third kappa shape index (κ3) is 12.5. The summed E-state index contributed by atoms with van der Waals surface area (Å²) in [5.74, 6) is 43.2. The van der Waals surface area contributed by atoms with E-state index in [4.69, 9.17) is 0 Å². The second-order valence-corrected chi connectivity index (χ2v) is 3.49. The first-order valence-corrected chi connectivity index (χ1v) is 6.64. The van der Waals surface area contributed by atoms with Gasteiger partial charge in [0.1, 0.15) is 0 Å². The Balaban J connectivity index is 2.88. The van der Waals surface area contributed by atoms with Crippen molar-refractivity contribution in [3.63, 3.8) is 0 Å². The van der Waals surface area contributed by atoms with Gasteiger partial charge in [-0.05, 0) is 96.0 Å². The monoisotopic (exact) mass is 296 g/mol. The zero-order valence-corrected chi connectivity index (χ0v) is 12.6. The Morgan fingerprint density at radius 2 is 0.333 bits per heavy atom. The number of hydrogen-bond donors (Lipinski definition) is 0. The maximum absolute atomic E-state index is 2.74. The van der Waals surface area contributed by atoms with E-state index in [1.807, 2.05) is 0 Å². The molecule has 0 saturated heterocycles. The Hall–Kier alpha value is -4.56. The Bertz CT molecular complexity index is 798. The van der Waals surface area contributed by atoms with Gasteiger partial charge < -0.3 is 0 Å². The van der Waals surface area contributed by atoms with E-state index in [9.17, 15) is 0 Å². The molecular weight excluding hydrogens is 288 g/mol. The molecule has 0 heterocycles. The van der Waals surface area contributed by atoms with Crippen LogP contribution in [0.4, 0.5) is 0 Å². The SMILES string of the molecule is C1#C/C=C\C#CC#C/C=C/C#CC#C/C=C/C#CC#C/C=C/C#C1. The maximum Gasteiger partial charge on any atom is -0.00246 e. The van der Waals surface area contributed by atoms with Crippen molar-refractivity contribution < 1.29 is 0 Å². The van der Waals surface area contributed by atoms with Crippen LogP contribution in [0.5, 0.6) is 0 Å².